The molecule has 1 saturated heterocycles. The SMILES string of the molecule is O=C(C1CCCC1)N1CCC(Cn2cnc(C(F)(F)F)cc2=O)CC1. The molecule has 1 saturated carbocycles. The summed E-state index contributed by atoms with van der Waals surface area (Å²) in [6.07, 6.45) is 2.08. The molecule has 5 nitrogen and oxygen atoms in total. The van der Waals surface area contributed by atoms with E-state index in [0.717, 1.165) is 44.9 Å². The average molecular weight is 357 g/mol. The van der Waals surface area contributed by atoms with Crippen LogP contribution in [0.5, 0.6) is 0 Å². The lowest BCUT2D eigenvalue weighted by atomic mass is 9.95. The van der Waals surface area contributed by atoms with Crippen LogP contribution in [0, 0.1) is 11.8 Å². The molecule has 138 valence electrons. The van der Waals surface area contributed by atoms with E-state index in [4.69, 9.17) is 0 Å². The fraction of sp³-hybridized carbons (Fsp3) is 0.706. The molecule has 1 aliphatic carbocycles. The number of likely N-dealkylation sites (tertiary alicyclic amines) is 1. The largest absolute Gasteiger partial charge is 0.433 e. The molecule has 0 aromatic carbocycles. The zero-order valence-electron chi connectivity index (χ0n) is 14.0. The summed E-state index contributed by atoms with van der Waals surface area (Å²) < 4.78 is 38.9. The lowest BCUT2D eigenvalue weighted by Gasteiger charge is -2.33. The molecule has 1 aromatic heterocycles. The number of amides is 1. The van der Waals surface area contributed by atoms with E-state index in [1.807, 2.05) is 4.90 Å². The average Bonchev–Trinajstić information content (AvgIpc) is 3.10. The van der Waals surface area contributed by atoms with Crippen molar-refractivity contribution in [3.05, 3.63) is 28.4 Å². The minimum Gasteiger partial charge on any atom is -0.342 e. The predicted molar refractivity (Wildman–Crippen MR) is 84.8 cm³/mol. The van der Waals surface area contributed by atoms with Crippen molar-refractivity contribution in [2.45, 2.75) is 51.2 Å². The van der Waals surface area contributed by atoms with Gasteiger partial charge in [0.25, 0.3) is 5.56 Å². The molecule has 0 unspecified atom stereocenters. The van der Waals surface area contributed by atoms with E-state index in [2.05, 4.69) is 4.98 Å². The van der Waals surface area contributed by atoms with Gasteiger partial charge >= 0.3 is 6.18 Å². The third-order valence-corrected chi connectivity index (χ3v) is 5.26. The van der Waals surface area contributed by atoms with Crippen LogP contribution >= 0.6 is 0 Å². The molecule has 1 aromatic rings. The summed E-state index contributed by atoms with van der Waals surface area (Å²) >= 11 is 0. The smallest absolute Gasteiger partial charge is 0.342 e. The van der Waals surface area contributed by atoms with E-state index in [0.29, 0.717) is 25.7 Å². The first-order valence-electron chi connectivity index (χ1n) is 8.77. The van der Waals surface area contributed by atoms with Gasteiger partial charge in [-0.3, -0.25) is 14.2 Å². The van der Waals surface area contributed by atoms with E-state index in [1.165, 1.54) is 4.57 Å². The Morgan fingerprint density at radius 2 is 1.80 bits per heavy atom. The van der Waals surface area contributed by atoms with Crippen LogP contribution in [0.25, 0.3) is 0 Å². The third kappa shape index (κ3) is 4.22. The Morgan fingerprint density at radius 1 is 1.16 bits per heavy atom. The highest BCUT2D eigenvalue weighted by Crippen LogP contribution is 2.29. The van der Waals surface area contributed by atoms with Gasteiger partial charge in [0.05, 0.1) is 6.33 Å². The standard InChI is InChI=1S/C17H22F3N3O2/c18-17(19,20)14-9-15(24)23(11-21-14)10-12-5-7-22(8-6-12)16(25)13-3-1-2-4-13/h9,11-13H,1-8,10H2. The Balaban J connectivity index is 1.55. The topological polar surface area (TPSA) is 55.2 Å². The van der Waals surface area contributed by atoms with Gasteiger partial charge in [-0.25, -0.2) is 4.98 Å². The molecule has 1 amide bonds. The van der Waals surface area contributed by atoms with Crippen molar-refractivity contribution in [3.8, 4) is 0 Å². The summed E-state index contributed by atoms with van der Waals surface area (Å²) in [5.74, 6) is 0.575. The molecule has 2 heterocycles. The summed E-state index contributed by atoms with van der Waals surface area (Å²) in [6.45, 7) is 1.65. The Labute approximate surface area is 143 Å². The molecule has 3 rings (SSSR count). The fourth-order valence-electron chi connectivity index (χ4n) is 3.76. The molecule has 25 heavy (non-hydrogen) atoms. The van der Waals surface area contributed by atoms with E-state index in [1.54, 1.807) is 0 Å². The van der Waals surface area contributed by atoms with Crippen LogP contribution < -0.4 is 5.56 Å². The molecular formula is C17H22F3N3O2. The van der Waals surface area contributed by atoms with E-state index < -0.39 is 17.4 Å². The zero-order valence-corrected chi connectivity index (χ0v) is 14.0. The maximum Gasteiger partial charge on any atom is 0.433 e. The quantitative estimate of drug-likeness (QED) is 0.836. The number of alkyl halides is 3. The molecule has 2 fully saturated rings. The molecule has 0 N–H and O–H groups in total. The molecule has 2 aliphatic rings. The molecule has 8 heteroatoms. The van der Waals surface area contributed by atoms with Crippen LogP contribution in [0.3, 0.4) is 0 Å². The van der Waals surface area contributed by atoms with Gasteiger partial charge in [0.1, 0.15) is 0 Å². The maximum atomic E-state index is 12.6. The van der Waals surface area contributed by atoms with Crippen LogP contribution in [-0.4, -0.2) is 33.4 Å². The van der Waals surface area contributed by atoms with Crippen molar-refractivity contribution < 1.29 is 18.0 Å². The first-order valence-corrected chi connectivity index (χ1v) is 8.77. The van der Waals surface area contributed by atoms with Crippen molar-refractivity contribution in [2.24, 2.45) is 11.8 Å². The third-order valence-electron chi connectivity index (χ3n) is 5.26. The number of rotatable bonds is 3. The second-order valence-corrected chi connectivity index (χ2v) is 7.01. The highest BCUT2D eigenvalue weighted by atomic mass is 19.4. The lowest BCUT2D eigenvalue weighted by Crippen LogP contribution is -2.42. The Hall–Kier alpha value is -1.86. The van der Waals surface area contributed by atoms with Crippen LogP contribution in [-0.2, 0) is 17.5 Å². The van der Waals surface area contributed by atoms with E-state index >= 15 is 0 Å². The fourth-order valence-corrected chi connectivity index (χ4v) is 3.76. The molecule has 0 spiro atoms. The van der Waals surface area contributed by atoms with E-state index in [-0.39, 0.29) is 17.7 Å². The zero-order chi connectivity index (χ0) is 18.0. The highest BCUT2D eigenvalue weighted by molar-refractivity contribution is 5.79. The minimum atomic E-state index is -4.61. The van der Waals surface area contributed by atoms with E-state index in [9.17, 15) is 22.8 Å². The van der Waals surface area contributed by atoms with Gasteiger partial charge < -0.3 is 4.90 Å². The molecule has 0 bridgehead atoms. The Bertz CT molecular complexity index is 672. The van der Waals surface area contributed by atoms with Gasteiger partial charge in [-0.15, -0.1) is 0 Å². The summed E-state index contributed by atoms with van der Waals surface area (Å²) in [5, 5.41) is 0. The van der Waals surface area contributed by atoms with Crippen LogP contribution in [0.2, 0.25) is 0 Å². The second kappa shape index (κ2) is 7.17. The van der Waals surface area contributed by atoms with Gasteiger partial charge in [-0.1, -0.05) is 12.8 Å². The van der Waals surface area contributed by atoms with Gasteiger partial charge in [0.2, 0.25) is 5.91 Å². The molecular weight excluding hydrogens is 335 g/mol. The maximum absolute atomic E-state index is 12.6. The Kier molecular flexibility index (Phi) is 5.15. The number of hydrogen-bond acceptors (Lipinski definition) is 3. The van der Waals surface area contributed by atoms with Gasteiger partial charge in [-0.05, 0) is 31.6 Å². The van der Waals surface area contributed by atoms with Gasteiger partial charge in [0.15, 0.2) is 5.69 Å². The monoisotopic (exact) mass is 357 g/mol. The second-order valence-electron chi connectivity index (χ2n) is 7.01. The first-order chi connectivity index (χ1) is 11.8. The number of halogens is 3. The predicted octanol–water partition coefficient (Wildman–Crippen LogP) is 2.69. The number of nitrogens with zero attached hydrogens (tertiary/aromatic N) is 3. The molecule has 0 radical (unpaired) electrons. The summed E-state index contributed by atoms with van der Waals surface area (Å²) in [6, 6.07) is 0.540. The normalized spacial score (nSPS) is 20.2. The lowest BCUT2D eigenvalue weighted by molar-refractivity contribution is -0.141. The van der Waals surface area contributed by atoms with Crippen LogP contribution in [0.1, 0.15) is 44.2 Å². The molecule has 1 aliphatic heterocycles. The highest BCUT2D eigenvalue weighted by Gasteiger charge is 2.33. The minimum absolute atomic E-state index is 0.165. The van der Waals surface area contributed by atoms with Crippen molar-refractivity contribution in [1.82, 2.24) is 14.5 Å². The summed E-state index contributed by atoms with van der Waals surface area (Å²) in [5.41, 5.74) is -1.85. The number of hydrogen-bond donors (Lipinski definition) is 0. The van der Waals surface area contributed by atoms with Crippen molar-refractivity contribution in [3.63, 3.8) is 0 Å². The molecule has 0 atom stereocenters. The van der Waals surface area contributed by atoms with Crippen molar-refractivity contribution in [1.29, 1.82) is 0 Å². The van der Waals surface area contributed by atoms with Gasteiger partial charge in [-0.2, -0.15) is 13.2 Å². The summed E-state index contributed by atoms with van der Waals surface area (Å²) in [4.78, 5) is 29.5. The number of carbonyl (C=O) groups is 1. The van der Waals surface area contributed by atoms with Crippen LogP contribution in [0.15, 0.2) is 17.2 Å². The summed E-state index contributed by atoms with van der Waals surface area (Å²) in [7, 11) is 0. The van der Waals surface area contributed by atoms with Crippen LogP contribution in [0.4, 0.5) is 13.2 Å². The van der Waals surface area contributed by atoms with Crippen molar-refractivity contribution >= 4 is 5.91 Å². The van der Waals surface area contributed by atoms with Gasteiger partial charge in [0, 0.05) is 31.6 Å². The number of piperidine rings is 1. The van der Waals surface area contributed by atoms with Crippen molar-refractivity contribution in [2.75, 3.05) is 13.1 Å². The first kappa shape index (κ1) is 17.9. The number of aromatic nitrogens is 2. The Morgan fingerprint density at radius 3 is 2.36 bits per heavy atom. The number of carbonyl (C=O) groups excluding carboxylic acids is 1.